The quantitative estimate of drug-likeness (QED) is 0.608. The maximum Gasteiger partial charge on any atom is 0.251 e. The highest BCUT2D eigenvalue weighted by atomic mass is 16.5. The summed E-state index contributed by atoms with van der Waals surface area (Å²) >= 11 is 0. The molecule has 1 saturated heterocycles. The molecule has 0 spiro atoms. The standard InChI is InChI=1S/C27H38N2O2/c1-18(2)24-15-25(20(4)14-26(24)31-6)21(5)28-27(30)23-11-9-22(10-12-23)17-29-13-7-8-19(3)16-29/h9-12,14-15,18-19,21H,7-8,13,16-17H2,1-6H3,(H,28,30)/t19-,21+/m0/s1. The van der Waals surface area contributed by atoms with Gasteiger partial charge in [-0.3, -0.25) is 9.69 Å². The Labute approximate surface area is 188 Å². The molecule has 0 aliphatic carbocycles. The Morgan fingerprint density at radius 3 is 2.48 bits per heavy atom. The van der Waals surface area contributed by atoms with Crippen molar-refractivity contribution in [3.8, 4) is 5.75 Å². The number of hydrogen-bond acceptors (Lipinski definition) is 3. The molecular weight excluding hydrogens is 384 g/mol. The summed E-state index contributed by atoms with van der Waals surface area (Å²) in [5.74, 6) is 2.01. The Balaban J connectivity index is 1.66. The molecule has 4 heteroatoms. The first-order chi connectivity index (χ1) is 14.8. The number of aryl methyl sites for hydroxylation is 1. The van der Waals surface area contributed by atoms with Crippen molar-refractivity contribution in [2.45, 2.75) is 66.0 Å². The first-order valence-corrected chi connectivity index (χ1v) is 11.6. The number of rotatable bonds is 7. The number of amides is 1. The largest absolute Gasteiger partial charge is 0.496 e. The second-order valence-corrected chi connectivity index (χ2v) is 9.48. The van der Waals surface area contributed by atoms with E-state index in [0.717, 1.165) is 29.3 Å². The topological polar surface area (TPSA) is 41.6 Å². The van der Waals surface area contributed by atoms with Crippen LogP contribution in [0.4, 0.5) is 0 Å². The summed E-state index contributed by atoms with van der Waals surface area (Å²) in [4.78, 5) is 15.4. The highest BCUT2D eigenvalue weighted by Crippen LogP contribution is 2.32. The van der Waals surface area contributed by atoms with Gasteiger partial charge >= 0.3 is 0 Å². The van der Waals surface area contributed by atoms with Crippen LogP contribution in [0.25, 0.3) is 0 Å². The van der Waals surface area contributed by atoms with Crippen molar-refractivity contribution in [1.29, 1.82) is 0 Å². The van der Waals surface area contributed by atoms with Crippen molar-refractivity contribution < 1.29 is 9.53 Å². The number of benzene rings is 2. The number of ether oxygens (including phenoxy) is 1. The van der Waals surface area contributed by atoms with Crippen LogP contribution in [0, 0.1) is 12.8 Å². The molecular formula is C27H38N2O2. The van der Waals surface area contributed by atoms with Crippen LogP contribution in [-0.2, 0) is 6.54 Å². The van der Waals surface area contributed by atoms with Gasteiger partial charge in [0.05, 0.1) is 13.2 Å². The van der Waals surface area contributed by atoms with Crippen LogP contribution in [0.3, 0.4) is 0 Å². The normalized spacial score (nSPS) is 18.1. The van der Waals surface area contributed by atoms with Gasteiger partial charge < -0.3 is 10.1 Å². The number of nitrogens with one attached hydrogen (secondary N) is 1. The molecule has 2 atom stereocenters. The minimum Gasteiger partial charge on any atom is -0.496 e. The van der Waals surface area contributed by atoms with Crippen LogP contribution in [0.1, 0.15) is 85.1 Å². The zero-order chi connectivity index (χ0) is 22.5. The molecule has 1 aliphatic heterocycles. The third-order valence-electron chi connectivity index (χ3n) is 6.42. The molecule has 0 saturated carbocycles. The summed E-state index contributed by atoms with van der Waals surface area (Å²) < 4.78 is 5.55. The lowest BCUT2D eigenvalue weighted by Gasteiger charge is -2.30. The third kappa shape index (κ3) is 5.88. The number of carbonyl (C=O) groups is 1. The number of likely N-dealkylation sites (tertiary alicyclic amines) is 1. The summed E-state index contributed by atoms with van der Waals surface area (Å²) in [6.07, 6.45) is 2.61. The van der Waals surface area contributed by atoms with Crippen LogP contribution < -0.4 is 10.1 Å². The smallest absolute Gasteiger partial charge is 0.251 e. The number of hydrogen-bond donors (Lipinski definition) is 1. The molecule has 0 aromatic heterocycles. The lowest BCUT2D eigenvalue weighted by Crippen LogP contribution is -2.33. The van der Waals surface area contributed by atoms with Gasteiger partial charge in [-0.15, -0.1) is 0 Å². The van der Waals surface area contributed by atoms with Crippen LogP contribution >= 0.6 is 0 Å². The fourth-order valence-corrected chi connectivity index (χ4v) is 4.62. The summed E-state index contributed by atoms with van der Waals surface area (Å²) in [5.41, 5.74) is 5.40. The van der Waals surface area contributed by atoms with Gasteiger partial charge in [0, 0.05) is 18.7 Å². The maximum atomic E-state index is 12.9. The molecule has 0 unspecified atom stereocenters. The third-order valence-corrected chi connectivity index (χ3v) is 6.42. The summed E-state index contributed by atoms with van der Waals surface area (Å²) in [6.45, 7) is 14.1. The Morgan fingerprint density at radius 1 is 1.16 bits per heavy atom. The van der Waals surface area contributed by atoms with Crippen LogP contribution in [-0.4, -0.2) is 31.0 Å². The molecule has 1 heterocycles. The van der Waals surface area contributed by atoms with Crippen LogP contribution in [0.15, 0.2) is 36.4 Å². The SMILES string of the molecule is COc1cc(C)c([C@@H](C)NC(=O)c2ccc(CN3CCC[C@H](C)C3)cc2)cc1C(C)C. The second-order valence-electron chi connectivity index (χ2n) is 9.48. The Kier molecular flexibility index (Phi) is 7.77. The van der Waals surface area contributed by atoms with E-state index >= 15 is 0 Å². The molecule has 1 amide bonds. The van der Waals surface area contributed by atoms with Crippen molar-refractivity contribution >= 4 is 5.91 Å². The average Bonchev–Trinajstić information content (AvgIpc) is 2.73. The fourth-order valence-electron chi connectivity index (χ4n) is 4.62. The number of piperidine rings is 1. The monoisotopic (exact) mass is 422 g/mol. The van der Waals surface area contributed by atoms with Gasteiger partial charge in [-0.2, -0.15) is 0 Å². The fraction of sp³-hybridized carbons (Fsp3) is 0.519. The molecule has 3 rings (SSSR count). The summed E-state index contributed by atoms with van der Waals surface area (Å²) in [5, 5.41) is 3.17. The van der Waals surface area contributed by atoms with Crippen molar-refractivity contribution in [2.24, 2.45) is 5.92 Å². The first kappa shape index (κ1) is 23.3. The van der Waals surface area contributed by atoms with Crippen molar-refractivity contribution in [1.82, 2.24) is 10.2 Å². The predicted molar refractivity (Wildman–Crippen MR) is 128 cm³/mol. The molecule has 1 aliphatic rings. The van der Waals surface area contributed by atoms with Gasteiger partial charge in [-0.1, -0.05) is 32.9 Å². The zero-order valence-corrected chi connectivity index (χ0v) is 20.0. The maximum absolute atomic E-state index is 12.9. The zero-order valence-electron chi connectivity index (χ0n) is 20.0. The lowest BCUT2D eigenvalue weighted by molar-refractivity contribution is 0.0940. The molecule has 1 fully saturated rings. The Bertz CT molecular complexity index is 889. The highest BCUT2D eigenvalue weighted by Gasteiger charge is 2.19. The highest BCUT2D eigenvalue weighted by molar-refractivity contribution is 5.94. The molecule has 31 heavy (non-hydrogen) atoms. The van der Waals surface area contributed by atoms with Gasteiger partial charge in [0.25, 0.3) is 5.91 Å². The average molecular weight is 423 g/mol. The van der Waals surface area contributed by atoms with Crippen molar-refractivity contribution in [2.75, 3.05) is 20.2 Å². The Morgan fingerprint density at radius 2 is 1.87 bits per heavy atom. The molecule has 2 aromatic rings. The van der Waals surface area contributed by atoms with E-state index in [1.807, 2.05) is 19.1 Å². The number of nitrogens with zero attached hydrogens (tertiary/aromatic N) is 1. The van der Waals surface area contributed by atoms with Gasteiger partial charge in [0.1, 0.15) is 5.75 Å². The first-order valence-electron chi connectivity index (χ1n) is 11.6. The lowest BCUT2D eigenvalue weighted by atomic mass is 9.93. The minimum atomic E-state index is -0.0783. The van der Waals surface area contributed by atoms with Crippen LogP contribution in [0.2, 0.25) is 0 Å². The molecule has 168 valence electrons. The van der Waals surface area contributed by atoms with Gasteiger partial charge in [0.15, 0.2) is 0 Å². The second kappa shape index (κ2) is 10.3. The van der Waals surface area contributed by atoms with Crippen molar-refractivity contribution in [3.63, 3.8) is 0 Å². The van der Waals surface area contributed by atoms with E-state index in [0.29, 0.717) is 11.5 Å². The van der Waals surface area contributed by atoms with E-state index in [2.05, 4.69) is 62.2 Å². The molecule has 1 N–H and O–H groups in total. The van der Waals surface area contributed by atoms with Crippen LogP contribution in [0.5, 0.6) is 5.75 Å². The van der Waals surface area contributed by atoms with E-state index in [1.165, 1.54) is 37.1 Å². The summed E-state index contributed by atoms with van der Waals surface area (Å²) in [7, 11) is 1.71. The van der Waals surface area contributed by atoms with Crippen molar-refractivity contribution in [3.05, 3.63) is 64.2 Å². The predicted octanol–water partition coefficient (Wildman–Crippen LogP) is 5.85. The molecule has 2 aromatic carbocycles. The van der Waals surface area contributed by atoms with E-state index in [1.54, 1.807) is 7.11 Å². The molecule has 0 bridgehead atoms. The summed E-state index contributed by atoms with van der Waals surface area (Å²) in [6, 6.07) is 12.3. The van der Waals surface area contributed by atoms with Gasteiger partial charge in [-0.25, -0.2) is 0 Å². The van der Waals surface area contributed by atoms with Gasteiger partial charge in [-0.05, 0) is 91.6 Å². The number of methoxy groups -OCH3 is 1. The van der Waals surface area contributed by atoms with E-state index in [-0.39, 0.29) is 11.9 Å². The minimum absolute atomic E-state index is 0.0352. The Hall–Kier alpha value is -2.33. The van der Waals surface area contributed by atoms with E-state index in [4.69, 9.17) is 4.74 Å². The molecule has 4 nitrogen and oxygen atoms in total. The van der Waals surface area contributed by atoms with Gasteiger partial charge in [0.2, 0.25) is 0 Å². The molecule has 0 radical (unpaired) electrons. The number of carbonyl (C=O) groups excluding carboxylic acids is 1. The van der Waals surface area contributed by atoms with E-state index < -0.39 is 0 Å². The van der Waals surface area contributed by atoms with E-state index in [9.17, 15) is 4.79 Å².